The fraction of sp³-hybridized carbons (Fsp3) is 0.182. The number of hydrogen-bond acceptors (Lipinski definition) is 5. The molecule has 0 spiro atoms. The highest BCUT2D eigenvalue weighted by Gasteiger charge is 2.08. The van der Waals surface area contributed by atoms with Crippen LogP contribution in [0, 0.1) is 6.92 Å². The smallest absolute Gasteiger partial charge is 0.251 e. The molecule has 3 heterocycles. The monoisotopic (exact) mass is 402 g/mol. The zero-order chi connectivity index (χ0) is 20.9. The molecule has 4 rings (SSSR count). The Balaban J connectivity index is 1.34. The van der Waals surface area contributed by atoms with Crippen LogP contribution in [0.5, 0.6) is 5.75 Å². The van der Waals surface area contributed by atoms with Crippen LogP contribution in [0.15, 0.2) is 67.4 Å². The number of aromatic nitrogens is 5. The zero-order valence-electron chi connectivity index (χ0n) is 16.8. The lowest BCUT2D eigenvalue weighted by molar-refractivity contribution is 0.0951. The Bertz CT molecular complexity index is 1150. The predicted octanol–water partition coefficient (Wildman–Crippen LogP) is 2.82. The van der Waals surface area contributed by atoms with Gasteiger partial charge in [-0.25, -0.2) is 15.0 Å². The van der Waals surface area contributed by atoms with Crippen LogP contribution in [0.1, 0.15) is 27.6 Å². The van der Waals surface area contributed by atoms with E-state index in [4.69, 9.17) is 4.74 Å². The van der Waals surface area contributed by atoms with Crippen LogP contribution in [0.4, 0.5) is 0 Å². The summed E-state index contributed by atoms with van der Waals surface area (Å²) in [6.45, 7) is 2.69. The van der Waals surface area contributed by atoms with Gasteiger partial charge in [0.05, 0.1) is 0 Å². The SMILES string of the molecule is Cc1nccn1-c1cc(CNC(=O)c2ccc(OCc3nccn3C)cc2)ccn1. The molecule has 0 radical (unpaired) electrons. The third kappa shape index (κ3) is 4.38. The standard InChI is InChI=1S/C22H22N6O2/c1-16-23-10-12-28(16)20-13-17(7-8-24-20)14-26-22(29)18-3-5-19(6-4-18)30-15-21-25-9-11-27(21)2/h3-13H,14-15H2,1-2H3,(H,26,29). The Labute approximate surface area is 174 Å². The Hall–Kier alpha value is -3.94. The maximum Gasteiger partial charge on any atom is 0.251 e. The summed E-state index contributed by atoms with van der Waals surface area (Å²) in [5.41, 5.74) is 1.52. The molecule has 0 unspecified atom stereocenters. The molecule has 0 saturated heterocycles. The van der Waals surface area contributed by atoms with Gasteiger partial charge in [0.25, 0.3) is 5.91 Å². The lowest BCUT2D eigenvalue weighted by Crippen LogP contribution is -2.22. The number of ether oxygens (including phenoxy) is 1. The third-order valence-corrected chi connectivity index (χ3v) is 4.74. The third-order valence-electron chi connectivity index (χ3n) is 4.74. The molecule has 4 aromatic rings. The Kier molecular flexibility index (Phi) is 5.56. The van der Waals surface area contributed by atoms with E-state index in [9.17, 15) is 4.79 Å². The fourth-order valence-electron chi connectivity index (χ4n) is 2.99. The molecule has 0 saturated carbocycles. The molecule has 30 heavy (non-hydrogen) atoms. The lowest BCUT2D eigenvalue weighted by Gasteiger charge is -2.09. The molecule has 3 aromatic heterocycles. The van der Waals surface area contributed by atoms with Crippen LogP contribution in [0.3, 0.4) is 0 Å². The van der Waals surface area contributed by atoms with Crippen molar-refractivity contribution >= 4 is 5.91 Å². The maximum absolute atomic E-state index is 12.5. The van der Waals surface area contributed by atoms with Crippen LogP contribution in [0.25, 0.3) is 5.82 Å². The van der Waals surface area contributed by atoms with Crippen molar-refractivity contribution in [3.63, 3.8) is 0 Å². The van der Waals surface area contributed by atoms with Gasteiger partial charge in [0.15, 0.2) is 0 Å². The predicted molar refractivity (Wildman–Crippen MR) is 111 cm³/mol. The lowest BCUT2D eigenvalue weighted by atomic mass is 10.2. The molecule has 8 nitrogen and oxygen atoms in total. The van der Waals surface area contributed by atoms with Crippen molar-refractivity contribution in [1.82, 2.24) is 29.4 Å². The second-order valence-electron chi connectivity index (χ2n) is 6.82. The van der Waals surface area contributed by atoms with Gasteiger partial charge >= 0.3 is 0 Å². The van der Waals surface area contributed by atoms with Crippen molar-refractivity contribution in [3.8, 4) is 11.6 Å². The zero-order valence-corrected chi connectivity index (χ0v) is 16.8. The quantitative estimate of drug-likeness (QED) is 0.514. The number of benzene rings is 1. The number of aryl methyl sites for hydroxylation is 2. The van der Waals surface area contributed by atoms with Crippen LogP contribution in [0.2, 0.25) is 0 Å². The van der Waals surface area contributed by atoms with E-state index in [0.717, 1.165) is 23.0 Å². The van der Waals surface area contributed by atoms with Crippen LogP contribution >= 0.6 is 0 Å². The van der Waals surface area contributed by atoms with Crippen LogP contribution in [-0.2, 0) is 20.2 Å². The van der Waals surface area contributed by atoms with Gasteiger partial charge in [0.1, 0.15) is 29.8 Å². The molecule has 8 heteroatoms. The summed E-state index contributed by atoms with van der Waals surface area (Å²) in [6, 6.07) is 10.9. The van der Waals surface area contributed by atoms with Crippen molar-refractivity contribution in [3.05, 3.63) is 90.2 Å². The molecule has 0 bridgehead atoms. The largest absolute Gasteiger partial charge is 0.486 e. The second kappa shape index (κ2) is 8.60. The van der Waals surface area contributed by atoms with Crippen molar-refractivity contribution in [2.45, 2.75) is 20.1 Å². The number of nitrogens with zero attached hydrogens (tertiary/aromatic N) is 5. The van der Waals surface area contributed by atoms with Gasteiger partial charge in [-0.1, -0.05) is 0 Å². The van der Waals surface area contributed by atoms with Gasteiger partial charge in [-0.15, -0.1) is 0 Å². The molecule has 1 aromatic carbocycles. The first-order valence-corrected chi connectivity index (χ1v) is 9.52. The number of amides is 1. The summed E-state index contributed by atoms with van der Waals surface area (Å²) in [4.78, 5) is 25.3. The first-order valence-electron chi connectivity index (χ1n) is 9.52. The molecule has 1 N–H and O–H groups in total. The summed E-state index contributed by atoms with van der Waals surface area (Å²) in [6.07, 6.45) is 8.92. The van der Waals surface area contributed by atoms with Crippen LogP contribution in [-0.4, -0.2) is 30.0 Å². The Morgan fingerprint density at radius 3 is 2.53 bits per heavy atom. The molecule has 152 valence electrons. The van der Waals surface area contributed by atoms with E-state index in [2.05, 4.69) is 20.3 Å². The maximum atomic E-state index is 12.5. The number of nitrogens with one attached hydrogen (secondary N) is 1. The number of carbonyl (C=O) groups excluding carboxylic acids is 1. The highest BCUT2D eigenvalue weighted by molar-refractivity contribution is 5.94. The minimum absolute atomic E-state index is 0.150. The number of carbonyl (C=O) groups is 1. The van der Waals surface area contributed by atoms with Gasteiger partial charge in [-0.05, 0) is 48.9 Å². The second-order valence-corrected chi connectivity index (χ2v) is 6.82. The minimum atomic E-state index is -0.150. The Morgan fingerprint density at radius 1 is 1.03 bits per heavy atom. The number of imidazole rings is 2. The molecule has 0 aliphatic carbocycles. The average Bonchev–Trinajstić information content (AvgIpc) is 3.39. The normalized spacial score (nSPS) is 10.7. The average molecular weight is 402 g/mol. The highest BCUT2D eigenvalue weighted by atomic mass is 16.5. The Morgan fingerprint density at radius 2 is 1.83 bits per heavy atom. The van der Waals surface area contributed by atoms with E-state index in [-0.39, 0.29) is 5.91 Å². The van der Waals surface area contributed by atoms with E-state index in [1.807, 2.05) is 47.6 Å². The summed E-state index contributed by atoms with van der Waals surface area (Å²) in [5, 5.41) is 2.94. The molecule has 0 aliphatic rings. The molecular formula is C22H22N6O2. The minimum Gasteiger partial charge on any atom is -0.486 e. The molecule has 1 amide bonds. The number of pyridine rings is 1. The van der Waals surface area contributed by atoms with Gasteiger partial charge in [-0.2, -0.15) is 0 Å². The number of rotatable bonds is 7. The van der Waals surface area contributed by atoms with Crippen molar-refractivity contribution in [2.24, 2.45) is 7.05 Å². The summed E-state index contributed by atoms with van der Waals surface area (Å²) in [7, 11) is 1.92. The molecule has 0 fully saturated rings. The first kappa shape index (κ1) is 19.4. The molecular weight excluding hydrogens is 380 g/mol. The summed E-state index contributed by atoms with van der Waals surface area (Å²) in [5.74, 6) is 2.99. The van der Waals surface area contributed by atoms with Crippen LogP contribution < -0.4 is 10.1 Å². The summed E-state index contributed by atoms with van der Waals surface area (Å²) >= 11 is 0. The highest BCUT2D eigenvalue weighted by Crippen LogP contribution is 2.14. The van der Waals surface area contributed by atoms with Gasteiger partial charge < -0.3 is 14.6 Å². The molecule has 0 atom stereocenters. The van der Waals surface area contributed by atoms with Gasteiger partial charge in [-0.3, -0.25) is 9.36 Å². The van der Waals surface area contributed by atoms with Crippen molar-refractivity contribution < 1.29 is 9.53 Å². The first-order chi connectivity index (χ1) is 14.6. The van der Waals surface area contributed by atoms with Gasteiger partial charge in [0, 0.05) is 50.1 Å². The topological polar surface area (TPSA) is 86.9 Å². The van der Waals surface area contributed by atoms with E-state index in [1.54, 1.807) is 42.9 Å². The molecule has 0 aliphatic heterocycles. The number of hydrogen-bond donors (Lipinski definition) is 1. The summed E-state index contributed by atoms with van der Waals surface area (Å²) < 4.78 is 9.53. The fourth-order valence-corrected chi connectivity index (χ4v) is 2.99. The van der Waals surface area contributed by atoms with E-state index >= 15 is 0 Å². The van der Waals surface area contributed by atoms with E-state index in [1.165, 1.54) is 0 Å². The van der Waals surface area contributed by atoms with Crippen molar-refractivity contribution in [2.75, 3.05) is 0 Å². The van der Waals surface area contributed by atoms with Gasteiger partial charge in [0.2, 0.25) is 0 Å². The van der Waals surface area contributed by atoms with E-state index < -0.39 is 0 Å². The van der Waals surface area contributed by atoms with Crippen molar-refractivity contribution in [1.29, 1.82) is 0 Å². The van der Waals surface area contributed by atoms with E-state index in [0.29, 0.717) is 24.5 Å².